The normalized spacial score (nSPS) is 16.8. The van der Waals surface area contributed by atoms with E-state index in [0.29, 0.717) is 4.99 Å². The van der Waals surface area contributed by atoms with Crippen molar-refractivity contribution in [1.29, 1.82) is 0 Å². The first-order valence-electron chi connectivity index (χ1n) is 5.35. The van der Waals surface area contributed by atoms with Gasteiger partial charge in [-0.25, -0.2) is 5.01 Å². The van der Waals surface area contributed by atoms with E-state index in [0.717, 1.165) is 42.0 Å². The number of anilines is 1. The Morgan fingerprint density at radius 1 is 1.41 bits per heavy atom. The molecule has 17 heavy (non-hydrogen) atoms. The standard InChI is InChI=1S/C11H14BrN3OS/c12-8-1-2-10(9(7-8)11(13)17)14-15-3-5-16-6-4-15/h1-2,7,14H,3-6H2,(H2,13,17). The molecule has 3 N–H and O–H groups in total. The van der Waals surface area contributed by atoms with Crippen LogP contribution < -0.4 is 11.2 Å². The largest absolute Gasteiger partial charge is 0.389 e. The number of nitrogens with two attached hydrogens (primary N) is 1. The van der Waals surface area contributed by atoms with E-state index in [1.807, 2.05) is 18.2 Å². The Bertz CT molecular complexity index is 421. The van der Waals surface area contributed by atoms with Gasteiger partial charge in [0.2, 0.25) is 0 Å². The Balaban J connectivity index is 2.16. The molecule has 1 aliphatic heterocycles. The van der Waals surface area contributed by atoms with E-state index in [-0.39, 0.29) is 0 Å². The van der Waals surface area contributed by atoms with Gasteiger partial charge in [-0.05, 0) is 18.2 Å². The maximum Gasteiger partial charge on any atom is 0.106 e. The van der Waals surface area contributed by atoms with Crippen molar-refractivity contribution in [3.05, 3.63) is 28.2 Å². The molecule has 0 atom stereocenters. The minimum absolute atomic E-state index is 0.391. The van der Waals surface area contributed by atoms with Crippen LogP contribution in [0.1, 0.15) is 5.56 Å². The lowest BCUT2D eigenvalue weighted by atomic mass is 10.2. The number of morpholine rings is 1. The third kappa shape index (κ3) is 3.38. The lowest BCUT2D eigenvalue weighted by Crippen LogP contribution is -2.40. The average Bonchev–Trinajstić information content (AvgIpc) is 2.32. The summed E-state index contributed by atoms with van der Waals surface area (Å²) in [6, 6.07) is 5.85. The summed E-state index contributed by atoms with van der Waals surface area (Å²) in [5, 5.41) is 2.11. The predicted octanol–water partition coefficient (Wildman–Crippen LogP) is 1.74. The maximum absolute atomic E-state index is 5.72. The monoisotopic (exact) mass is 315 g/mol. The highest BCUT2D eigenvalue weighted by Crippen LogP contribution is 2.21. The summed E-state index contributed by atoms with van der Waals surface area (Å²) in [5.74, 6) is 0. The number of thiocarbonyl (C=S) groups is 1. The van der Waals surface area contributed by atoms with Gasteiger partial charge in [-0.2, -0.15) is 0 Å². The van der Waals surface area contributed by atoms with E-state index in [1.54, 1.807) is 0 Å². The number of rotatable bonds is 3. The first-order chi connectivity index (χ1) is 8.16. The summed E-state index contributed by atoms with van der Waals surface area (Å²) in [5.41, 5.74) is 10.8. The molecule has 1 fully saturated rings. The van der Waals surface area contributed by atoms with Gasteiger partial charge >= 0.3 is 0 Å². The Morgan fingerprint density at radius 3 is 2.76 bits per heavy atom. The van der Waals surface area contributed by atoms with E-state index in [2.05, 4.69) is 26.4 Å². The van der Waals surface area contributed by atoms with Gasteiger partial charge in [0.25, 0.3) is 0 Å². The van der Waals surface area contributed by atoms with Crippen molar-refractivity contribution in [3.63, 3.8) is 0 Å². The van der Waals surface area contributed by atoms with Crippen molar-refractivity contribution in [1.82, 2.24) is 5.01 Å². The molecule has 0 amide bonds. The molecule has 0 aromatic heterocycles. The molecule has 0 bridgehead atoms. The molecule has 0 unspecified atom stereocenters. The summed E-state index contributed by atoms with van der Waals surface area (Å²) in [6.07, 6.45) is 0. The van der Waals surface area contributed by atoms with E-state index in [1.165, 1.54) is 0 Å². The molecule has 0 radical (unpaired) electrons. The molecule has 0 aliphatic carbocycles. The lowest BCUT2D eigenvalue weighted by Gasteiger charge is -2.28. The van der Waals surface area contributed by atoms with Crippen LogP contribution in [0, 0.1) is 0 Å². The fourth-order valence-electron chi connectivity index (χ4n) is 1.66. The Hall–Kier alpha value is -0.690. The summed E-state index contributed by atoms with van der Waals surface area (Å²) in [7, 11) is 0. The lowest BCUT2D eigenvalue weighted by molar-refractivity contribution is 0.0497. The van der Waals surface area contributed by atoms with Gasteiger partial charge in [-0.15, -0.1) is 0 Å². The quantitative estimate of drug-likeness (QED) is 0.832. The first kappa shape index (κ1) is 12.8. The molecule has 1 aromatic carbocycles. The van der Waals surface area contributed by atoms with Gasteiger partial charge in [-0.3, -0.25) is 0 Å². The number of nitrogens with zero attached hydrogens (tertiary/aromatic N) is 1. The third-order valence-corrected chi connectivity index (χ3v) is 3.25. The Kier molecular flexibility index (Phi) is 4.33. The van der Waals surface area contributed by atoms with Gasteiger partial charge in [-0.1, -0.05) is 28.1 Å². The van der Waals surface area contributed by atoms with Crippen LogP contribution in [-0.4, -0.2) is 36.3 Å². The van der Waals surface area contributed by atoms with Gasteiger partial charge in [0.05, 0.1) is 18.9 Å². The van der Waals surface area contributed by atoms with Crippen molar-refractivity contribution in [2.24, 2.45) is 5.73 Å². The zero-order chi connectivity index (χ0) is 12.3. The van der Waals surface area contributed by atoms with Crippen molar-refractivity contribution in [2.45, 2.75) is 0 Å². The van der Waals surface area contributed by atoms with Crippen LogP contribution >= 0.6 is 28.1 Å². The second-order valence-electron chi connectivity index (χ2n) is 3.77. The average molecular weight is 316 g/mol. The molecule has 2 rings (SSSR count). The molecule has 92 valence electrons. The fraction of sp³-hybridized carbons (Fsp3) is 0.364. The summed E-state index contributed by atoms with van der Waals surface area (Å²) in [4.78, 5) is 0.391. The van der Waals surface area contributed by atoms with Crippen LogP contribution in [0.25, 0.3) is 0 Å². The molecule has 1 saturated heterocycles. The molecule has 4 nitrogen and oxygen atoms in total. The van der Waals surface area contributed by atoms with Crippen LogP contribution in [0.5, 0.6) is 0 Å². The Morgan fingerprint density at radius 2 is 2.12 bits per heavy atom. The third-order valence-electron chi connectivity index (χ3n) is 2.54. The molecular weight excluding hydrogens is 302 g/mol. The van der Waals surface area contributed by atoms with Gasteiger partial charge in [0.1, 0.15) is 4.99 Å². The first-order valence-corrected chi connectivity index (χ1v) is 6.55. The zero-order valence-electron chi connectivity index (χ0n) is 9.28. The second kappa shape index (κ2) is 5.77. The highest BCUT2D eigenvalue weighted by molar-refractivity contribution is 9.10. The number of halogens is 1. The van der Waals surface area contributed by atoms with Crippen LogP contribution in [-0.2, 0) is 4.74 Å². The number of nitrogens with one attached hydrogen (secondary N) is 1. The van der Waals surface area contributed by atoms with E-state index in [4.69, 9.17) is 22.7 Å². The highest BCUT2D eigenvalue weighted by Gasteiger charge is 2.13. The fourth-order valence-corrected chi connectivity index (χ4v) is 2.19. The number of hydrazine groups is 1. The van der Waals surface area contributed by atoms with Crippen LogP contribution in [0.15, 0.2) is 22.7 Å². The van der Waals surface area contributed by atoms with Crippen molar-refractivity contribution in [3.8, 4) is 0 Å². The van der Waals surface area contributed by atoms with Gasteiger partial charge in [0.15, 0.2) is 0 Å². The highest BCUT2D eigenvalue weighted by atomic mass is 79.9. The number of ether oxygens (including phenoxy) is 1. The predicted molar refractivity (Wildman–Crippen MR) is 76.0 cm³/mol. The summed E-state index contributed by atoms with van der Waals surface area (Å²) < 4.78 is 6.26. The number of hydrogen-bond donors (Lipinski definition) is 2. The van der Waals surface area contributed by atoms with Crippen LogP contribution in [0.4, 0.5) is 5.69 Å². The minimum atomic E-state index is 0.391. The molecule has 6 heteroatoms. The van der Waals surface area contributed by atoms with E-state index >= 15 is 0 Å². The SMILES string of the molecule is NC(=S)c1cc(Br)ccc1NN1CCOCC1. The summed E-state index contributed by atoms with van der Waals surface area (Å²) in [6.45, 7) is 3.19. The second-order valence-corrected chi connectivity index (χ2v) is 5.12. The topological polar surface area (TPSA) is 50.5 Å². The van der Waals surface area contributed by atoms with Crippen molar-refractivity contribution < 1.29 is 4.74 Å². The van der Waals surface area contributed by atoms with Gasteiger partial charge < -0.3 is 15.9 Å². The number of hydrogen-bond acceptors (Lipinski definition) is 4. The summed E-state index contributed by atoms with van der Waals surface area (Å²) >= 11 is 8.46. The maximum atomic E-state index is 5.72. The molecular formula is C11H14BrN3OS. The zero-order valence-corrected chi connectivity index (χ0v) is 11.7. The van der Waals surface area contributed by atoms with Gasteiger partial charge in [0, 0.05) is 23.1 Å². The molecule has 1 aliphatic rings. The van der Waals surface area contributed by atoms with Crippen LogP contribution in [0.2, 0.25) is 0 Å². The Labute approximate surface area is 114 Å². The molecule has 1 heterocycles. The van der Waals surface area contributed by atoms with E-state index in [9.17, 15) is 0 Å². The molecule has 0 spiro atoms. The number of benzene rings is 1. The molecule has 0 saturated carbocycles. The van der Waals surface area contributed by atoms with Crippen LogP contribution in [0.3, 0.4) is 0 Å². The van der Waals surface area contributed by atoms with Crippen molar-refractivity contribution >= 4 is 38.8 Å². The molecule has 1 aromatic rings. The van der Waals surface area contributed by atoms with Crippen molar-refractivity contribution in [2.75, 3.05) is 31.7 Å². The minimum Gasteiger partial charge on any atom is -0.389 e. The smallest absolute Gasteiger partial charge is 0.106 e. The van der Waals surface area contributed by atoms with E-state index < -0.39 is 0 Å².